The fourth-order valence-corrected chi connectivity index (χ4v) is 8.46. The van der Waals surface area contributed by atoms with Gasteiger partial charge in [0.15, 0.2) is 7.23 Å². The van der Waals surface area contributed by atoms with Crippen LogP contribution in [0.3, 0.4) is 0 Å². The van der Waals surface area contributed by atoms with Crippen LogP contribution in [0.4, 0.5) is 11.5 Å². The van der Waals surface area contributed by atoms with E-state index in [1.165, 1.54) is 0 Å². The van der Waals surface area contributed by atoms with Gasteiger partial charge in [-0.2, -0.15) is 0 Å². The second kappa shape index (κ2) is 11.5. The summed E-state index contributed by atoms with van der Waals surface area (Å²) in [5.41, 5.74) is 4.48. The zero-order valence-electron chi connectivity index (χ0n) is 27.9. The Morgan fingerprint density at radius 2 is 1.61 bits per heavy atom. The van der Waals surface area contributed by atoms with E-state index >= 15 is 0 Å². The number of anilines is 2. The van der Waals surface area contributed by atoms with Gasteiger partial charge in [-0.1, -0.05) is 12.1 Å². The van der Waals surface area contributed by atoms with Crippen LogP contribution in [-0.2, 0) is 16.1 Å². The predicted octanol–water partition coefficient (Wildman–Crippen LogP) is 1.97. The number of carbonyl (C=O) groups is 5. The van der Waals surface area contributed by atoms with Crippen molar-refractivity contribution >= 4 is 41.0 Å². The number of carbonyl (C=O) groups excluding carboxylic acids is 5. The van der Waals surface area contributed by atoms with Crippen molar-refractivity contribution in [3.05, 3.63) is 70.8 Å². The topological polar surface area (TPSA) is 148 Å². The number of piperazine rings is 1. The molecule has 13 heteroatoms. The van der Waals surface area contributed by atoms with E-state index < -0.39 is 23.8 Å². The quantitative estimate of drug-likeness (QED) is 0.376. The van der Waals surface area contributed by atoms with Crippen LogP contribution in [0, 0.1) is 5.92 Å². The third kappa shape index (κ3) is 5.06. The summed E-state index contributed by atoms with van der Waals surface area (Å²) in [6.07, 6.45) is 3.54. The first-order chi connectivity index (χ1) is 24.2. The van der Waals surface area contributed by atoms with Crippen LogP contribution in [-0.4, -0.2) is 100 Å². The second-order valence-electron chi connectivity index (χ2n) is 14.0. The van der Waals surface area contributed by atoms with Crippen LogP contribution < -0.4 is 20.4 Å². The van der Waals surface area contributed by atoms with Gasteiger partial charge in [0, 0.05) is 74.6 Å². The van der Waals surface area contributed by atoms with Crippen molar-refractivity contribution in [1.82, 2.24) is 30.6 Å². The second-order valence-corrected chi connectivity index (χ2v) is 14.0. The van der Waals surface area contributed by atoms with Crippen LogP contribution >= 0.6 is 0 Å². The van der Waals surface area contributed by atoms with Crippen molar-refractivity contribution in [2.75, 3.05) is 42.5 Å². The summed E-state index contributed by atoms with van der Waals surface area (Å²) >= 11 is 0. The average Bonchev–Trinajstić information content (AvgIpc) is 3.56. The molecule has 49 heavy (non-hydrogen) atoms. The van der Waals surface area contributed by atoms with Gasteiger partial charge in [0.05, 0.1) is 16.8 Å². The summed E-state index contributed by atoms with van der Waals surface area (Å²) in [6.45, 7) is 4.91. The van der Waals surface area contributed by atoms with Gasteiger partial charge in [-0.3, -0.25) is 39.1 Å². The number of benzene rings is 2. The Kier molecular flexibility index (Phi) is 6.74. The van der Waals surface area contributed by atoms with Crippen molar-refractivity contribution in [2.45, 2.75) is 56.8 Å². The molecule has 0 radical (unpaired) electrons. The normalized spacial score (nSPS) is 25.8. The largest absolute Gasteiger partial charge is 0.368 e. The first-order valence-electron chi connectivity index (χ1n) is 17.6. The highest BCUT2D eigenvalue weighted by Crippen LogP contribution is 2.38. The lowest BCUT2D eigenvalue weighted by atomic mass is 9.84. The molecule has 0 spiro atoms. The molecular formula is C36H36N8O5. The molecule has 0 saturated carbocycles. The maximum atomic E-state index is 13.3. The smallest absolute Gasteiger partial charge is 0.262 e. The van der Waals surface area contributed by atoms with Crippen LogP contribution in [0.25, 0.3) is 11.3 Å². The maximum absolute atomic E-state index is 13.3. The lowest BCUT2D eigenvalue weighted by molar-refractivity contribution is -0.136. The van der Waals surface area contributed by atoms with Crippen molar-refractivity contribution < 1.29 is 25.4 Å². The van der Waals surface area contributed by atoms with E-state index in [0.717, 1.165) is 84.8 Å². The monoisotopic (exact) mass is 661 g/mol. The highest BCUT2D eigenvalue weighted by atomic mass is 16.2. The van der Waals surface area contributed by atoms with Gasteiger partial charge in [-0.15, -0.1) is 10.2 Å². The molecule has 5 fully saturated rings. The van der Waals surface area contributed by atoms with E-state index in [1.54, 1.807) is 18.2 Å². The minimum Gasteiger partial charge on any atom is -0.368 e. The van der Waals surface area contributed by atoms with Gasteiger partial charge in [-0.25, -0.2) is 0 Å². The Labute approximate surface area is 284 Å². The predicted molar refractivity (Wildman–Crippen MR) is 178 cm³/mol. The van der Waals surface area contributed by atoms with Crippen molar-refractivity contribution in [3.8, 4) is 11.3 Å². The molecule has 13 nitrogen and oxygen atoms in total. The van der Waals surface area contributed by atoms with Gasteiger partial charge >= 0.3 is 0 Å². The molecule has 3 unspecified atom stereocenters. The van der Waals surface area contributed by atoms with Crippen molar-refractivity contribution in [1.29, 1.82) is 0 Å². The minimum absolute atomic E-state index is 0.0972. The molecule has 3 aromatic rings. The molecule has 7 aliphatic rings. The summed E-state index contributed by atoms with van der Waals surface area (Å²) in [4.78, 5) is 71.0. The Morgan fingerprint density at radius 3 is 2.37 bits per heavy atom. The van der Waals surface area contributed by atoms with E-state index in [1.807, 2.05) is 30.3 Å². The Bertz CT molecular complexity index is 1950. The fourth-order valence-electron chi connectivity index (χ4n) is 8.46. The van der Waals surface area contributed by atoms with Crippen molar-refractivity contribution in [3.63, 3.8) is 0 Å². The van der Waals surface area contributed by atoms with E-state index in [0.29, 0.717) is 46.9 Å². The zero-order valence-corrected chi connectivity index (χ0v) is 26.9. The zero-order chi connectivity index (χ0) is 34.3. The number of piperidine rings is 3. The third-order valence-corrected chi connectivity index (χ3v) is 11.2. The number of nitrogens with one attached hydrogen (secondary N) is 2. The lowest BCUT2D eigenvalue weighted by Gasteiger charge is -2.58. The molecule has 2 aromatic carbocycles. The first kappa shape index (κ1) is 28.8. The number of nitrogens with zero attached hydrogens (tertiary/aromatic N) is 6. The summed E-state index contributed by atoms with van der Waals surface area (Å²) in [7, 11) is 0. The van der Waals surface area contributed by atoms with E-state index in [2.05, 4.69) is 30.2 Å². The third-order valence-electron chi connectivity index (χ3n) is 11.2. The molecule has 2 bridgehead atoms. The minimum atomic E-state index is -0.966. The maximum Gasteiger partial charge on any atom is 0.262 e. The highest BCUT2D eigenvalue weighted by Gasteiger charge is 2.47. The molecule has 5 saturated heterocycles. The summed E-state index contributed by atoms with van der Waals surface area (Å²) < 4.78 is 7.76. The van der Waals surface area contributed by atoms with Crippen LogP contribution in [0.2, 0.25) is 1.41 Å². The number of aromatic nitrogens is 2. The van der Waals surface area contributed by atoms with Gasteiger partial charge in [0.1, 0.15) is 6.04 Å². The molecular weight excluding hydrogens is 624 g/mol. The van der Waals surface area contributed by atoms with E-state index in [9.17, 15) is 24.0 Å². The fraction of sp³-hybridized carbons (Fsp3) is 0.417. The molecule has 0 aliphatic carbocycles. The molecule has 1 aromatic heterocycles. The number of hydrogen-bond donors (Lipinski definition) is 2. The van der Waals surface area contributed by atoms with E-state index in [-0.39, 0.29) is 24.7 Å². The van der Waals surface area contributed by atoms with Crippen LogP contribution in [0.1, 0.15) is 68.7 Å². The molecule has 5 amide bonds. The number of rotatable bonds is 6. The SMILES string of the molecule is [2H]N1Cc2ccc(-c3ccc(N4CCC(CN5C6CC5CN(c5ccc7c(c5)C(=O)N(C5CCC(=O)NC5=O)C7=O)C6)CC4)nn3)cc2C1=O. The average molecular weight is 662 g/mol. The number of fused-ring (bicyclic) bond motifs is 4. The van der Waals surface area contributed by atoms with Crippen LogP contribution in [0.15, 0.2) is 48.5 Å². The van der Waals surface area contributed by atoms with Gasteiger partial charge in [0.25, 0.3) is 17.7 Å². The Balaban J connectivity index is 0.786. The molecule has 7 aliphatic heterocycles. The summed E-state index contributed by atoms with van der Waals surface area (Å²) in [6, 6.07) is 14.9. The summed E-state index contributed by atoms with van der Waals surface area (Å²) in [5.74, 6) is -0.782. The summed E-state index contributed by atoms with van der Waals surface area (Å²) in [5, 5.41) is 12.2. The number of hydrogen-bond acceptors (Lipinski definition) is 10. The number of amides is 5. The lowest BCUT2D eigenvalue weighted by Crippen LogP contribution is -2.69. The molecule has 10 rings (SSSR count). The van der Waals surface area contributed by atoms with Gasteiger partial charge < -0.3 is 15.1 Å². The van der Waals surface area contributed by atoms with Gasteiger partial charge in [-0.05, 0) is 73.6 Å². The molecule has 2 N–H and O–H groups in total. The Morgan fingerprint density at radius 1 is 0.816 bits per heavy atom. The van der Waals surface area contributed by atoms with Crippen LogP contribution in [0.5, 0.6) is 0 Å². The standard InChI is InChI=1S/C36H36N8O5/c45-32-8-6-30(34(47)38-32)44-35(48)26-4-3-23(15-28(26)36(44)49)42-18-24-14-25(19-42)43(24)17-20-9-11-41(12-10-20)31-7-5-29(39-40-31)21-1-2-22-16-37-33(46)27(22)13-21/h1-5,7,13,15,20,24-25,30H,6,8-12,14,16-19H2,(H,37,46)(H,38,45,47)/i/hD. The first-order valence-corrected chi connectivity index (χ1v) is 17.1. The van der Waals surface area contributed by atoms with Gasteiger partial charge in [0.2, 0.25) is 11.8 Å². The van der Waals surface area contributed by atoms with E-state index in [4.69, 9.17) is 1.41 Å². The molecule has 3 atom stereocenters. The Hall–Kier alpha value is -5.17. The number of imide groups is 2. The highest BCUT2D eigenvalue weighted by molar-refractivity contribution is 6.23. The molecule has 8 heterocycles. The molecule has 250 valence electrons. The van der Waals surface area contributed by atoms with Crippen molar-refractivity contribution in [2.24, 2.45) is 5.92 Å².